The average Bonchev–Trinajstić information content (AvgIpc) is 2.01. The fourth-order valence-electron chi connectivity index (χ4n) is 0.431. The second-order valence-electron chi connectivity index (χ2n) is 1.31. The average molecular weight is 163 g/mol. The fourth-order valence-corrected chi connectivity index (χ4v) is 1.29. The molecule has 10 heavy (non-hydrogen) atoms. The zero-order chi connectivity index (χ0) is 8.04. The van der Waals surface area contributed by atoms with Gasteiger partial charge < -0.3 is 17.7 Å². The Morgan fingerprint density at radius 1 is 1.10 bits per heavy atom. The van der Waals surface area contributed by atoms with Crippen molar-refractivity contribution in [2.45, 2.75) is 0 Å². The lowest BCUT2D eigenvalue weighted by Gasteiger charge is -2.17. The first kappa shape index (κ1) is 9.39. The lowest BCUT2D eigenvalue weighted by Crippen LogP contribution is -2.45. The molecule has 0 fully saturated rings. The van der Waals surface area contributed by atoms with Crippen molar-refractivity contribution in [3.05, 3.63) is 0 Å². The van der Waals surface area contributed by atoms with E-state index < -0.39 is 9.05 Å². The molecule has 0 saturated heterocycles. The highest BCUT2D eigenvalue weighted by Gasteiger charge is 2.45. The second-order valence-corrected chi connectivity index (χ2v) is 3.73. The Balaban J connectivity index is 4.04. The van der Waals surface area contributed by atoms with E-state index in [-0.39, 0.29) is 0 Å². The molecule has 0 aromatic heterocycles. The van der Waals surface area contributed by atoms with Gasteiger partial charge in [0.05, 0.1) is 0 Å². The Labute approximate surface area is 60.6 Å². The van der Waals surface area contributed by atoms with Crippen molar-refractivity contribution in [1.29, 1.82) is 5.26 Å². The molecule has 0 aliphatic carbocycles. The van der Waals surface area contributed by atoms with E-state index in [2.05, 4.69) is 4.43 Å². The molecule has 0 bridgehead atoms. The standard InChI is InChI=1S/C4H9NO4Si/c1-6-10(7-2,8-3)9-4-5/h1-3H3. The molecule has 58 valence electrons. The summed E-state index contributed by atoms with van der Waals surface area (Å²) in [4.78, 5) is 0. The summed E-state index contributed by atoms with van der Waals surface area (Å²) < 4.78 is 18.6. The van der Waals surface area contributed by atoms with Crippen LogP contribution in [0.25, 0.3) is 0 Å². The molecule has 0 radical (unpaired) electrons. The van der Waals surface area contributed by atoms with Gasteiger partial charge in [-0.15, -0.1) is 0 Å². The van der Waals surface area contributed by atoms with Crippen LogP contribution in [0.3, 0.4) is 0 Å². The van der Waals surface area contributed by atoms with E-state index in [4.69, 9.17) is 18.5 Å². The van der Waals surface area contributed by atoms with Crippen LogP contribution < -0.4 is 0 Å². The Morgan fingerprint density at radius 2 is 1.50 bits per heavy atom. The SMILES string of the molecule is CO[Si](OC)(OC)OC#N. The molecule has 0 spiro atoms. The van der Waals surface area contributed by atoms with Gasteiger partial charge in [0.2, 0.25) is 0 Å². The number of hydrogen-bond acceptors (Lipinski definition) is 5. The molecule has 6 heteroatoms. The highest BCUT2D eigenvalue weighted by atomic mass is 28.4. The molecule has 0 aliphatic rings. The van der Waals surface area contributed by atoms with E-state index in [1.165, 1.54) is 27.6 Å². The molecule has 0 heterocycles. The van der Waals surface area contributed by atoms with Gasteiger partial charge in [-0.05, 0) is 0 Å². The predicted octanol–water partition coefficient (Wildman–Crippen LogP) is -0.141. The monoisotopic (exact) mass is 163 g/mol. The molecule has 0 aliphatic heterocycles. The van der Waals surface area contributed by atoms with Crippen LogP contribution in [0.4, 0.5) is 0 Å². The summed E-state index contributed by atoms with van der Waals surface area (Å²) in [5.74, 6) is 0. The third-order valence-corrected chi connectivity index (χ3v) is 2.76. The summed E-state index contributed by atoms with van der Waals surface area (Å²) in [6.45, 7) is 0. The zero-order valence-corrected chi connectivity index (χ0v) is 7.08. The first-order valence-electron chi connectivity index (χ1n) is 2.47. The molecule has 0 aromatic rings. The van der Waals surface area contributed by atoms with Crippen molar-refractivity contribution in [1.82, 2.24) is 0 Å². The van der Waals surface area contributed by atoms with Crippen LogP contribution >= 0.6 is 0 Å². The molecule has 0 atom stereocenters. The Bertz CT molecular complexity index is 121. The van der Waals surface area contributed by atoms with Crippen LogP contribution in [0.5, 0.6) is 0 Å². The number of rotatable bonds is 4. The molecule has 5 nitrogen and oxygen atoms in total. The van der Waals surface area contributed by atoms with E-state index in [0.717, 1.165) is 0 Å². The third kappa shape index (κ3) is 1.96. The van der Waals surface area contributed by atoms with E-state index in [9.17, 15) is 0 Å². The minimum absolute atomic E-state index is 1.36. The minimum atomic E-state index is -3.08. The van der Waals surface area contributed by atoms with E-state index in [0.29, 0.717) is 0 Å². The molecule has 0 amide bonds. The highest BCUT2D eigenvalue weighted by molar-refractivity contribution is 6.53. The van der Waals surface area contributed by atoms with Crippen LogP contribution in [0.1, 0.15) is 0 Å². The quantitative estimate of drug-likeness (QED) is 0.426. The molecular weight excluding hydrogens is 154 g/mol. The van der Waals surface area contributed by atoms with Crippen molar-refractivity contribution in [2.75, 3.05) is 21.3 Å². The molecule has 0 N–H and O–H groups in total. The smallest absolute Gasteiger partial charge is 0.409 e. The topological polar surface area (TPSA) is 60.7 Å². The van der Waals surface area contributed by atoms with Crippen molar-refractivity contribution in [3.63, 3.8) is 0 Å². The maximum absolute atomic E-state index is 8.12. The van der Waals surface area contributed by atoms with Gasteiger partial charge in [0.15, 0.2) is 0 Å². The summed E-state index contributed by atoms with van der Waals surface area (Å²) in [6.07, 6.45) is 1.45. The molecule has 0 rings (SSSR count). The Hall–Kier alpha value is -0.613. The van der Waals surface area contributed by atoms with Gasteiger partial charge in [-0.1, -0.05) is 0 Å². The summed E-state index contributed by atoms with van der Waals surface area (Å²) in [5, 5.41) is 8.12. The summed E-state index contributed by atoms with van der Waals surface area (Å²) >= 11 is 0. The third-order valence-electron chi connectivity index (χ3n) is 0.921. The minimum Gasteiger partial charge on any atom is -0.409 e. The first-order chi connectivity index (χ1) is 4.74. The number of hydrogen-bond donors (Lipinski definition) is 0. The van der Waals surface area contributed by atoms with Gasteiger partial charge in [-0.3, -0.25) is 0 Å². The predicted molar refractivity (Wildman–Crippen MR) is 33.5 cm³/mol. The number of nitrogens with zero attached hydrogens (tertiary/aromatic N) is 1. The summed E-state index contributed by atoms with van der Waals surface area (Å²) in [7, 11) is 0.995. The van der Waals surface area contributed by atoms with Crippen molar-refractivity contribution in [3.8, 4) is 6.26 Å². The van der Waals surface area contributed by atoms with Crippen LogP contribution in [-0.2, 0) is 17.7 Å². The molecule has 0 unspecified atom stereocenters. The van der Waals surface area contributed by atoms with Crippen molar-refractivity contribution < 1.29 is 17.7 Å². The van der Waals surface area contributed by atoms with Crippen LogP contribution in [0.2, 0.25) is 0 Å². The van der Waals surface area contributed by atoms with Crippen LogP contribution in [-0.4, -0.2) is 30.4 Å². The van der Waals surface area contributed by atoms with Gasteiger partial charge in [0.1, 0.15) is 0 Å². The second kappa shape index (κ2) is 4.24. The van der Waals surface area contributed by atoms with Crippen molar-refractivity contribution >= 4 is 9.05 Å². The molecule has 0 aromatic carbocycles. The summed E-state index contributed by atoms with van der Waals surface area (Å²) in [5.41, 5.74) is 0. The Kier molecular flexibility index (Phi) is 3.98. The van der Waals surface area contributed by atoms with Gasteiger partial charge in [0.25, 0.3) is 6.26 Å². The lowest BCUT2D eigenvalue weighted by atomic mass is 11.6. The van der Waals surface area contributed by atoms with Crippen LogP contribution in [0, 0.1) is 11.5 Å². The number of nitriles is 1. The normalized spacial score (nSPS) is 10.6. The van der Waals surface area contributed by atoms with Gasteiger partial charge in [0, 0.05) is 21.3 Å². The summed E-state index contributed by atoms with van der Waals surface area (Å²) in [6, 6.07) is 0. The van der Waals surface area contributed by atoms with Gasteiger partial charge in [-0.2, -0.15) is 5.26 Å². The maximum Gasteiger partial charge on any atom is 0.758 e. The molecule has 0 saturated carbocycles. The van der Waals surface area contributed by atoms with E-state index >= 15 is 0 Å². The lowest BCUT2D eigenvalue weighted by molar-refractivity contribution is 0.0397. The zero-order valence-electron chi connectivity index (χ0n) is 6.08. The van der Waals surface area contributed by atoms with Crippen molar-refractivity contribution in [2.24, 2.45) is 0 Å². The Morgan fingerprint density at radius 3 is 1.60 bits per heavy atom. The van der Waals surface area contributed by atoms with Crippen LogP contribution in [0.15, 0.2) is 0 Å². The van der Waals surface area contributed by atoms with Gasteiger partial charge in [-0.25, -0.2) is 0 Å². The van der Waals surface area contributed by atoms with Gasteiger partial charge >= 0.3 is 9.05 Å². The highest BCUT2D eigenvalue weighted by Crippen LogP contribution is 2.05. The fraction of sp³-hybridized carbons (Fsp3) is 0.750. The maximum atomic E-state index is 8.12. The first-order valence-corrected chi connectivity index (χ1v) is 4.10. The van der Waals surface area contributed by atoms with E-state index in [1.54, 1.807) is 0 Å². The molecular formula is C4H9NO4Si. The largest absolute Gasteiger partial charge is 0.758 e. The van der Waals surface area contributed by atoms with E-state index in [1.807, 2.05) is 0 Å².